The van der Waals surface area contributed by atoms with Crippen LogP contribution in [0.2, 0.25) is 0 Å². The number of amides is 1. The number of ether oxygens (including phenoxy) is 1. The van der Waals surface area contributed by atoms with Crippen molar-refractivity contribution in [1.82, 2.24) is 14.9 Å². The summed E-state index contributed by atoms with van der Waals surface area (Å²) in [5, 5.41) is 0. The predicted octanol–water partition coefficient (Wildman–Crippen LogP) is 3.13. The number of piperidine rings is 1. The number of anilines is 1. The monoisotopic (exact) mass is 386 g/mol. The molecule has 1 spiro atoms. The Bertz CT molecular complexity index is 696. The molecule has 2 aliphatic heterocycles. The third-order valence-electron chi connectivity index (χ3n) is 6.71. The molecule has 28 heavy (non-hydrogen) atoms. The first-order valence-corrected chi connectivity index (χ1v) is 11.1. The minimum Gasteiger partial charge on any atom is -0.372 e. The zero-order chi connectivity index (χ0) is 19.6. The molecule has 0 N–H and O–H groups in total. The summed E-state index contributed by atoms with van der Waals surface area (Å²) >= 11 is 0. The van der Waals surface area contributed by atoms with Gasteiger partial charge in [0, 0.05) is 37.9 Å². The second kappa shape index (κ2) is 8.36. The number of rotatable bonds is 5. The highest BCUT2D eigenvalue weighted by atomic mass is 16.5. The Morgan fingerprint density at radius 2 is 2.07 bits per heavy atom. The molecule has 3 fully saturated rings. The molecule has 1 saturated carbocycles. The van der Waals surface area contributed by atoms with Gasteiger partial charge in [-0.15, -0.1) is 0 Å². The Kier molecular flexibility index (Phi) is 5.85. The van der Waals surface area contributed by atoms with Crippen LogP contribution < -0.4 is 4.90 Å². The molecule has 0 bridgehead atoms. The second-order valence-corrected chi connectivity index (χ2v) is 8.86. The molecule has 1 aromatic heterocycles. The van der Waals surface area contributed by atoms with Gasteiger partial charge in [-0.05, 0) is 44.9 Å². The van der Waals surface area contributed by atoms with Crippen molar-refractivity contribution in [2.75, 3.05) is 37.7 Å². The smallest absolute Gasteiger partial charge is 0.224 e. The summed E-state index contributed by atoms with van der Waals surface area (Å²) in [6.45, 7) is 8.27. The van der Waals surface area contributed by atoms with Crippen LogP contribution in [0.4, 0.5) is 5.82 Å². The van der Waals surface area contributed by atoms with Crippen molar-refractivity contribution in [3.05, 3.63) is 17.6 Å². The number of hydrogen-bond donors (Lipinski definition) is 0. The Balaban J connectivity index is 1.45. The normalized spacial score (nSPS) is 23.0. The van der Waals surface area contributed by atoms with Crippen LogP contribution in [0.25, 0.3) is 0 Å². The van der Waals surface area contributed by atoms with Crippen LogP contribution in [0.1, 0.15) is 63.3 Å². The zero-order valence-electron chi connectivity index (χ0n) is 17.5. The van der Waals surface area contributed by atoms with E-state index in [1.54, 1.807) is 0 Å². The van der Waals surface area contributed by atoms with E-state index in [4.69, 9.17) is 9.72 Å². The molecular weight excluding hydrogens is 352 g/mol. The van der Waals surface area contributed by atoms with E-state index in [9.17, 15) is 4.79 Å². The first kappa shape index (κ1) is 19.6. The van der Waals surface area contributed by atoms with Gasteiger partial charge in [-0.2, -0.15) is 0 Å². The molecule has 6 heteroatoms. The van der Waals surface area contributed by atoms with Crippen molar-refractivity contribution in [3.8, 4) is 0 Å². The van der Waals surface area contributed by atoms with Crippen LogP contribution in [0, 0.1) is 12.8 Å². The third-order valence-corrected chi connectivity index (χ3v) is 6.71. The molecule has 2 saturated heterocycles. The number of carbonyl (C=O) groups excluding carboxylic acids is 1. The Hall–Kier alpha value is -1.69. The lowest BCUT2D eigenvalue weighted by Gasteiger charge is -2.44. The summed E-state index contributed by atoms with van der Waals surface area (Å²) in [7, 11) is 0. The Morgan fingerprint density at radius 3 is 2.75 bits per heavy atom. The van der Waals surface area contributed by atoms with Crippen LogP contribution in [-0.4, -0.2) is 59.2 Å². The zero-order valence-corrected chi connectivity index (χ0v) is 17.5. The van der Waals surface area contributed by atoms with Crippen molar-refractivity contribution in [2.45, 2.75) is 70.8 Å². The first-order valence-electron chi connectivity index (χ1n) is 11.1. The highest BCUT2D eigenvalue weighted by Crippen LogP contribution is 2.34. The topological polar surface area (TPSA) is 58.6 Å². The van der Waals surface area contributed by atoms with Crippen molar-refractivity contribution >= 4 is 11.7 Å². The van der Waals surface area contributed by atoms with E-state index in [1.807, 2.05) is 13.1 Å². The minimum atomic E-state index is -0.181. The first-order chi connectivity index (χ1) is 13.6. The summed E-state index contributed by atoms with van der Waals surface area (Å²) in [6.07, 6.45) is 10.4. The molecule has 0 unspecified atom stereocenters. The maximum Gasteiger partial charge on any atom is 0.224 e. The fourth-order valence-corrected chi connectivity index (χ4v) is 4.78. The average molecular weight is 387 g/mol. The molecule has 1 aliphatic carbocycles. The van der Waals surface area contributed by atoms with Gasteiger partial charge in [-0.3, -0.25) is 4.79 Å². The number of hydrogen-bond acceptors (Lipinski definition) is 5. The van der Waals surface area contributed by atoms with E-state index >= 15 is 0 Å². The lowest BCUT2D eigenvalue weighted by atomic mass is 9.84. The second-order valence-electron chi connectivity index (χ2n) is 8.86. The summed E-state index contributed by atoms with van der Waals surface area (Å²) in [5.74, 6) is 2.92. The van der Waals surface area contributed by atoms with Crippen LogP contribution >= 0.6 is 0 Å². The maximum atomic E-state index is 12.6. The van der Waals surface area contributed by atoms with E-state index < -0.39 is 0 Å². The van der Waals surface area contributed by atoms with E-state index in [0.717, 1.165) is 63.5 Å². The van der Waals surface area contributed by atoms with Gasteiger partial charge >= 0.3 is 0 Å². The number of aromatic nitrogens is 2. The molecule has 3 heterocycles. The van der Waals surface area contributed by atoms with Gasteiger partial charge in [0.1, 0.15) is 11.6 Å². The largest absolute Gasteiger partial charge is 0.372 e. The maximum absolute atomic E-state index is 12.6. The molecule has 0 aromatic carbocycles. The summed E-state index contributed by atoms with van der Waals surface area (Å²) < 4.78 is 6.33. The van der Waals surface area contributed by atoms with Crippen LogP contribution in [0.5, 0.6) is 0 Å². The molecule has 1 amide bonds. The molecule has 1 aromatic rings. The highest BCUT2D eigenvalue weighted by Gasteiger charge is 2.41. The van der Waals surface area contributed by atoms with Gasteiger partial charge in [0.15, 0.2) is 0 Å². The molecular formula is C22H34N4O2. The van der Waals surface area contributed by atoms with Crippen LogP contribution in [-0.2, 0) is 16.0 Å². The van der Waals surface area contributed by atoms with Crippen molar-refractivity contribution in [2.24, 2.45) is 5.92 Å². The van der Waals surface area contributed by atoms with Gasteiger partial charge in [0.05, 0.1) is 18.6 Å². The molecule has 4 rings (SSSR count). The summed E-state index contributed by atoms with van der Waals surface area (Å²) in [4.78, 5) is 26.3. The molecule has 3 aliphatic rings. The van der Waals surface area contributed by atoms with E-state index in [2.05, 4.69) is 21.7 Å². The summed E-state index contributed by atoms with van der Waals surface area (Å²) in [6, 6.07) is 0. The van der Waals surface area contributed by atoms with E-state index in [-0.39, 0.29) is 11.5 Å². The van der Waals surface area contributed by atoms with Gasteiger partial charge in [0.2, 0.25) is 5.91 Å². The predicted molar refractivity (Wildman–Crippen MR) is 109 cm³/mol. The minimum absolute atomic E-state index is 0.181. The molecule has 0 atom stereocenters. The number of aryl methyl sites for hydroxylation is 2. The van der Waals surface area contributed by atoms with Crippen LogP contribution in [0.15, 0.2) is 6.20 Å². The Labute approximate surface area is 168 Å². The fourth-order valence-electron chi connectivity index (χ4n) is 4.78. The summed E-state index contributed by atoms with van der Waals surface area (Å²) in [5.41, 5.74) is 1.06. The van der Waals surface area contributed by atoms with Gasteiger partial charge in [-0.1, -0.05) is 19.8 Å². The SMILES string of the molecule is CCCc1cnc(C)nc1N1CCC2(CC1)CN(CC1CCC1)C(=O)CCO2. The lowest BCUT2D eigenvalue weighted by Crippen LogP contribution is -2.53. The van der Waals surface area contributed by atoms with Gasteiger partial charge < -0.3 is 14.5 Å². The third kappa shape index (κ3) is 4.17. The fraction of sp³-hybridized carbons (Fsp3) is 0.773. The van der Waals surface area contributed by atoms with E-state index in [0.29, 0.717) is 18.9 Å². The van der Waals surface area contributed by atoms with E-state index in [1.165, 1.54) is 24.8 Å². The van der Waals surface area contributed by atoms with Gasteiger partial charge in [-0.25, -0.2) is 9.97 Å². The molecule has 0 radical (unpaired) electrons. The highest BCUT2D eigenvalue weighted by molar-refractivity contribution is 5.76. The lowest BCUT2D eigenvalue weighted by molar-refractivity contribution is -0.132. The quantitative estimate of drug-likeness (QED) is 0.778. The number of nitrogens with zero attached hydrogens (tertiary/aromatic N) is 4. The Morgan fingerprint density at radius 1 is 1.29 bits per heavy atom. The molecule has 6 nitrogen and oxygen atoms in total. The van der Waals surface area contributed by atoms with Crippen molar-refractivity contribution in [1.29, 1.82) is 0 Å². The average Bonchev–Trinajstić information content (AvgIpc) is 2.80. The van der Waals surface area contributed by atoms with Crippen molar-refractivity contribution < 1.29 is 9.53 Å². The molecule has 154 valence electrons. The van der Waals surface area contributed by atoms with Crippen LogP contribution in [0.3, 0.4) is 0 Å². The van der Waals surface area contributed by atoms with Crippen molar-refractivity contribution in [3.63, 3.8) is 0 Å². The number of carbonyl (C=O) groups is 1. The standard InChI is InChI=1S/C22H34N4O2/c1-3-5-19-14-23-17(2)24-21(19)25-11-9-22(10-12-25)16-26(15-18-6-4-7-18)20(27)8-13-28-22/h14,18H,3-13,15-16H2,1-2H3. The van der Waals surface area contributed by atoms with Gasteiger partial charge in [0.25, 0.3) is 0 Å².